The molecule has 1 fully saturated rings. The topological polar surface area (TPSA) is 58.4 Å². The monoisotopic (exact) mass is 263 g/mol. The molecule has 100 valence electrons. The summed E-state index contributed by atoms with van der Waals surface area (Å²) in [6.45, 7) is 0.0540. The summed E-state index contributed by atoms with van der Waals surface area (Å²) < 4.78 is 38.5. The molecule has 18 heavy (non-hydrogen) atoms. The molecule has 0 aromatic carbocycles. The van der Waals surface area contributed by atoms with E-state index in [0.29, 0.717) is 0 Å². The Balaban J connectivity index is 2.29. The second-order valence-corrected chi connectivity index (χ2v) is 4.27. The molecular formula is C10H12F3N3O2. The Kier molecular flexibility index (Phi) is 3.05. The second kappa shape index (κ2) is 4.27. The van der Waals surface area contributed by atoms with Gasteiger partial charge < -0.3 is 5.11 Å². The Labute approximate surface area is 101 Å². The van der Waals surface area contributed by atoms with Crippen molar-refractivity contribution in [3.63, 3.8) is 0 Å². The number of amides is 1. The zero-order valence-electron chi connectivity index (χ0n) is 9.61. The van der Waals surface area contributed by atoms with Crippen molar-refractivity contribution in [2.75, 3.05) is 18.1 Å². The van der Waals surface area contributed by atoms with E-state index in [2.05, 4.69) is 5.10 Å². The fourth-order valence-electron chi connectivity index (χ4n) is 1.97. The maximum Gasteiger partial charge on any atom is 0.435 e. The number of aliphatic hydroxyl groups is 1. The summed E-state index contributed by atoms with van der Waals surface area (Å²) in [5.41, 5.74) is -1.03. The molecule has 0 saturated carbocycles. The number of anilines is 1. The van der Waals surface area contributed by atoms with E-state index in [1.807, 2.05) is 0 Å². The van der Waals surface area contributed by atoms with Crippen LogP contribution in [-0.2, 0) is 18.0 Å². The maximum absolute atomic E-state index is 12.5. The molecule has 1 atom stereocenters. The molecule has 1 aliphatic heterocycles. The van der Waals surface area contributed by atoms with Crippen LogP contribution in [0, 0.1) is 5.92 Å². The van der Waals surface area contributed by atoms with Crippen LogP contribution in [-0.4, -0.2) is 33.9 Å². The Morgan fingerprint density at radius 3 is 2.67 bits per heavy atom. The van der Waals surface area contributed by atoms with E-state index in [0.717, 1.165) is 10.7 Å². The smallest absolute Gasteiger partial charge is 0.396 e. The lowest BCUT2D eigenvalue weighted by Crippen LogP contribution is -2.27. The van der Waals surface area contributed by atoms with Crippen LogP contribution < -0.4 is 4.90 Å². The highest BCUT2D eigenvalue weighted by Crippen LogP contribution is 2.32. The highest BCUT2D eigenvalue weighted by molar-refractivity contribution is 5.95. The summed E-state index contributed by atoms with van der Waals surface area (Å²) >= 11 is 0. The number of hydrogen-bond acceptors (Lipinski definition) is 3. The van der Waals surface area contributed by atoms with Gasteiger partial charge in [-0.25, -0.2) is 0 Å². The molecule has 1 aromatic heterocycles. The lowest BCUT2D eigenvalue weighted by Gasteiger charge is -2.15. The first-order valence-electron chi connectivity index (χ1n) is 5.35. The fourth-order valence-corrected chi connectivity index (χ4v) is 1.97. The van der Waals surface area contributed by atoms with Gasteiger partial charge in [0.15, 0.2) is 5.69 Å². The van der Waals surface area contributed by atoms with E-state index < -0.39 is 11.9 Å². The molecule has 1 saturated heterocycles. The number of carbonyl (C=O) groups is 1. The zero-order chi connectivity index (χ0) is 13.5. The van der Waals surface area contributed by atoms with Gasteiger partial charge >= 0.3 is 6.18 Å². The molecule has 8 heteroatoms. The lowest BCUT2D eigenvalue weighted by atomic mass is 10.1. The van der Waals surface area contributed by atoms with Gasteiger partial charge in [-0.1, -0.05) is 0 Å². The summed E-state index contributed by atoms with van der Waals surface area (Å²) in [5.74, 6) is -0.434. The average Bonchev–Trinajstić information content (AvgIpc) is 2.81. The van der Waals surface area contributed by atoms with Gasteiger partial charge in [0, 0.05) is 38.6 Å². The minimum absolute atomic E-state index is 0.100. The largest absolute Gasteiger partial charge is 0.435 e. The van der Waals surface area contributed by atoms with Crippen molar-refractivity contribution in [3.8, 4) is 0 Å². The summed E-state index contributed by atoms with van der Waals surface area (Å²) in [6, 6.07) is 0.845. The Morgan fingerprint density at radius 1 is 1.56 bits per heavy atom. The molecule has 5 nitrogen and oxygen atoms in total. The molecule has 0 spiro atoms. The van der Waals surface area contributed by atoms with E-state index in [1.54, 1.807) is 0 Å². The Morgan fingerprint density at radius 2 is 2.22 bits per heavy atom. The van der Waals surface area contributed by atoms with Crippen LogP contribution in [0.3, 0.4) is 0 Å². The van der Waals surface area contributed by atoms with E-state index >= 15 is 0 Å². The van der Waals surface area contributed by atoms with Crippen molar-refractivity contribution in [2.45, 2.75) is 12.6 Å². The first-order chi connectivity index (χ1) is 8.32. The number of aliphatic hydroxyl groups excluding tert-OH is 1. The van der Waals surface area contributed by atoms with Crippen molar-refractivity contribution in [1.82, 2.24) is 9.78 Å². The van der Waals surface area contributed by atoms with Crippen molar-refractivity contribution >= 4 is 11.7 Å². The van der Waals surface area contributed by atoms with E-state index in [1.165, 1.54) is 11.9 Å². The number of hydrogen-bond donors (Lipinski definition) is 1. The Hall–Kier alpha value is -1.57. The van der Waals surface area contributed by atoms with Gasteiger partial charge in [0.25, 0.3) is 0 Å². The number of aryl methyl sites for hydroxylation is 1. The number of alkyl halides is 3. The SMILES string of the molecule is Cn1nc(C(F)(F)F)cc1N1CC(CO)CC1=O. The van der Waals surface area contributed by atoms with Crippen molar-refractivity contribution in [2.24, 2.45) is 13.0 Å². The molecule has 2 heterocycles. The maximum atomic E-state index is 12.5. The predicted molar refractivity (Wildman–Crippen MR) is 55.8 cm³/mol. The summed E-state index contributed by atoms with van der Waals surface area (Å²) in [5, 5.41) is 12.3. The Bertz CT molecular complexity index is 469. The van der Waals surface area contributed by atoms with Crippen LogP contribution >= 0.6 is 0 Å². The third-order valence-corrected chi connectivity index (χ3v) is 2.89. The van der Waals surface area contributed by atoms with Crippen LogP contribution in [0.25, 0.3) is 0 Å². The molecule has 1 N–H and O–H groups in total. The normalized spacial score (nSPS) is 20.8. The van der Waals surface area contributed by atoms with Gasteiger partial charge in [-0.15, -0.1) is 0 Å². The van der Waals surface area contributed by atoms with Crippen LogP contribution in [0.5, 0.6) is 0 Å². The van der Waals surface area contributed by atoms with Gasteiger partial charge in [-0.3, -0.25) is 14.4 Å². The fraction of sp³-hybridized carbons (Fsp3) is 0.600. The van der Waals surface area contributed by atoms with Gasteiger partial charge in [0.05, 0.1) is 0 Å². The van der Waals surface area contributed by atoms with Gasteiger partial charge in [0.1, 0.15) is 5.82 Å². The van der Waals surface area contributed by atoms with Gasteiger partial charge in [0.2, 0.25) is 5.91 Å². The van der Waals surface area contributed by atoms with Crippen LogP contribution in [0.15, 0.2) is 6.07 Å². The minimum atomic E-state index is -4.53. The lowest BCUT2D eigenvalue weighted by molar-refractivity contribution is -0.141. The third-order valence-electron chi connectivity index (χ3n) is 2.89. The second-order valence-electron chi connectivity index (χ2n) is 4.27. The first kappa shape index (κ1) is 12.9. The molecule has 0 aliphatic carbocycles. The molecule has 1 aliphatic rings. The third kappa shape index (κ3) is 2.20. The highest BCUT2D eigenvalue weighted by Gasteiger charge is 2.37. The molecule has 1 aromatic rings. The van der Waals surface area contributed by atoms with E-state index in [-0.39, 0.29) is 37.2 Å². The molecule has 2 rings (SSSR count). The molecule has 1 unspecified atom stereocenters. The summed E-state index contributed by atoms with van der Waals surface area (Å²) in [4.78, 5) is 12.9. The number of halogens is 3. The first-order valence-corrected chi connectivity index (χ1v) is 5.35. The van der Waals surface area contributed by atoms with Crippen LogP contribution in [0.4, 0.5) is 19.0 Å². The summed E-state index contributed by atoms with van der Waals surface area (Å²) in [7, 11) is 1.35. The zero-order valence-corrected chi connectivity index (χ0v) is 9.61. The van der Waals surface area contributed by atoms with Crippen molar-refractivity contribution < 1.29 is 23.1 Å². The number of nitrogens with zero attached hydrogens (tertiary/aromatic N) is 3. The quantitative estimate of drug-likeness (QED) is 0.858. The highest BCUT2D eigenvalue weighted by atomic mass is 19.4. The van der Waals surface area contributed by atoms with E-state index in [4.69, 9.17) is 5.11 Å². The summed E-state index contributed by atoms with van der Waals surface area (Å²) in [6.07, 6.45) is -4.39. The molecular weight excluding hydrogens is 251 g/mol. The van der Waals surface area contributed by atoms with Crippen LogP contribution in [0.2, 0.25) is 0 Å². The number of carbonyl (C=O) groups excluding carboxylic acids is 1. The molecule has 0 radical (unpaired) electrons. The van der Waals surface area contributed by atoms with Gasteiger partial charge in [-0.2, -0.15) is 18.3 Å². The van der Waals surface area contributed by atoms with Crippen LogP contribution in [0.1, 0.15) is 12.1 Å². The minimum Gasteiger partial charge on any atom is -0.396 e. The number of rotatable bonds is 2. The van der Waals surface area contributed by atoms with Gasteiger partial charge in [-0.05, 0) is 0 Å². The standard InChI is InChI=1S/C10H12F3N3O2/c1-15-8(3-7(14-15)10(11,12)13)16-4-6(5-17)2-9(16)18/h3,6,17H,2,4-5H2,1H3. The molecule has 1 amide bonds. The average molecular weight is 263 g/mol. The predicted octanol–water partition coefficient (Wildman–Crippen LogP) is 0.784. The van der Waals surface area contributed by atoms with Crippen molar-refractivity contribution in [3.05, 3.63) is 11.8 Å². The van der Waals surface area contributed by atoms with E-state index in [9.17, 15) is 18.0 Å². The van der Waals surface area contributed by atoms with Crippen molar-refractivity contribution in [1.29, 1.82) is 0 Å². The molecule has 0 bridgehead atoms. The number of aromatic nitrogens is 2.